The van der Waals surface area contributed by atoms with Crippen LogP contribution >= 0.6 is 0 Å². The minimum atomic E-state index is -0.979. The average molecular weight is 263 g/mol. The number of benzene rings is 1. The van der Waals surface area contributed by atoms with Gasteiger partial charge in [-0.2, -0.15) is 0 Å². The summed E-state index contributed by atoms with van der Waals surface area (Å²) in [5, 5.41) is 9.12. The van der Waals surface area contributed by atoms with Crippen LogP contribution in [0.1, 0.15) is 32.8 Å². The lowest BCUT2D eigenvalue weighted by Crippen LogP contribution is -2.43. The van der Waals surface area contributed by atoms with E-state index in [9.17, 15) is 9.59 Å². The number of hydrogen-bond donors (Lipinski definition) is 1. The first-order valence-electron chi connectivity index (χ1n) is 6.48. The van der Waals surface area contributed by atoms with Crippen LogP contribution in [0.25, 0.3) is 0 Å². The van der Waals surface area contributed by atoms with Crippen LogP contribution in [0.5, 0.6) is 0 Å². The fraction of sp³-hybridized carbons (Fsp3) is 0.467. The van der Waals surface area contributed by atoms with Crippen molar-refractivity contribution in [2.24, 2.45) is 5.92 Å². The van der Waals surface area contributed by atoms with E-state index in [0.717, 1.165) is 5.56 Å². The molecular weight excluding hydrogens is 242 g/mol. The molecule has 104 valence electrons. The maximum atomic E-state index is 12.2. The molecule has 0 fully saturated rings. The van der Waals surface area contributed by atoms with Crippen molar-refractivity contribution >= 4 is 11.9 Å². The van der Waals surface area contributed by atoms with E-state index in [-0.39, 0.29) is 11.8 Å². The Bertz CT molecular complexity index is 428. The Morgan fingerprint density at radius 1 is 1.16 bits per heavy atom. The molecule has 1 amide bonds. The number of carboxylic acids is 1. The van der Waals surface area contributed by atoms with E-state index in [4.69, 9.17) is 5.11 Å². The zero-order valence-corrected chi connectivity index (χ0v) is 11.7. The van der Waals surface area contributed by atoms with E-state index in [1.54, 1.807) is 6.92 Å². The Morgan fingerprint density at radius 3 is 2.21 bits per heavy atom. The molecule has 0 heterocycles. The fourth-order valence-corrected chi connectivity index (χ4v) is 1.82. The van der Waals surface area contributed by atoms with Crippen LogP contribution in [-0.2, 0) is 16.1 Å². The Morgan fingerprint density at radius 2 is 1.74 bits per heavy atom. The van der Waals surface area contributed by atoms with Gasteiger partial charge in [0.15, 0.2) is 0 Å². The van der Waals surface area contributed by atoms with Crippen LogP contribution in [0.4, 0.5) is 0 Å². The van der Waals surface area contributed by atoms with Crippen molar-refractivity contribution in [2.45, 2.75) is 39.8 Å². The van der Waals surface area contributed by atoms with Gasteiger partial charge in [-0.15, -0.1) is 0 Å². The molecular formula is C15H21NO3. The number of carbonyl (C=O) groups excluding carboxylic acids is 1. The standard InChI is InChI=1S/C15H21NO3/c1-11(2)9-14(17)16(12(3)15(18)19)10-13-7-5-4-6-8-13/h4-8,11-12H,9-10H2,1-3H3,(H,18,19). The quantitative estimate of drug-likeness (QED) is 0.858. The van der Waals surface area contributed by atoms with Gasteiger partial charge in [-0.1, -0.05) is 44.2 Å². The van der Waals surface area contributed by atoms with Gasteiger partial charge in [0.1, 0.15) is 6.04 Å². The number of rotatable bonds is 6. The SMILES string of the molecule is CC(C)CC(=O)N(Cc1ccccc1)C(C)C(=O)O. The van der Waals surface area contributed by atoms with Crippen LogP contribution in [-0.4, -0.2) is 27.9 Å². The second-order valence-corrected chi connectivity index (χ2v) is 5.12. The first-order chi connectivity index (χ1) is 8.91. The molecule has 4 heteroatoms. The Labute approximate surface area is 114 Å². The highest BCUT2D eigenvalue weighted by molar-refractivity contribution is 5.83. The summed E-state index contributed by atoms with van der Waals surface area (Å²) in [5.41, 5.74) is 0.938. The molecule has 0 bridgehead atoms. The van der Waals surface area contributed by atoms with Crippen LogP contribution in [0.15, 0.2) is 30.3 Å². The number of aliphatic carboxylic acids is 1. The second kappa shape index (κ2) is 6.92. The van der Waals surface area contributed by atoms with E-state index in [0.29, 0.717) is 13.0 Å². The zero-order chi connectivity index (χ0) is 14.4. The molecule has 0 aliphatic carbocycles. The van der Waals surface area contributed by atoms with Gasteiger partial charge >= 0.3 is 5.97 Å². The van der Waals surface area contributed by atoms with Gasteiger partial charge in [0.2, 0.25) is 5.91 Å². The molecule has 1 N–H and O–H groups in total. The van der Waals surface area contributed by atoms with Crippen LogP contribution in [0.2, 0.25) is 0 Å². The van der Waals surface area contributed by atoms with Crippen molar-refractivity contribution in [1.82, 2.24) is 4.90 Å². The topological polar surface area (TPSA) is 57.6 Å². The number of carbonyl (C=O) groups is 2. The van der Waals surface area contributed by atoms with Crippen LogP contribution in [0, 0.1) is 5.92 Å². The van der Waals surface area contributed by atoms with Crippen molar-refractivity contribution in [2.75, 3.05) is 0 Å². The van der Waals surface area contributed by atoms with Gasteiger partial charge < -0.3 is 10.0 Å². The summed E-state index contributed by atoms with van der Waals surface area (Å²) in [6.07, 6.45) is 0.366. The van der Waals surface area contributed by atoms with E-state index < -0.39 is 12.0 Å². The highest BCUT2D eigenvalue weighted by atomic mass is 16.4. The summed E-state index contributed by atoms with van der Waals surface area (Å²) in [4.78, 5) is 24.7. The van der Waals surface area contributed by atoms with Gasteiger partial charge in [0.05, 0.1) is 0 Å². The largest absolute Gasteiger partial charge is 0.480 e. The molecule has 1 unspecified atom stereocenters. The maximum Gasteiger partial charge on any atom is 0.326 e. The average Bonchev–Trinajstić information content (AvgIpc) is 2.35. The molecule has 4 nitrogen and oxygen atoms in total. The summed E-state index contributed by atoms with van der Waals surface area (Å²) < 4.78 is 0. The number of amides is 1. The first kappa shape index (κ1) is 15.2. The van der Waals surface area contributed by atoms with Crippen molar-refractivity contribution in [3.05, 3.63) is 35.9 Å². The van der Waals surface area contributed by atoms with Crippen LogP contribution in [0.3, 0.4) is 0 Å². The molecule has 0 aromatic heterocycles. The molecule has 0 aliphatic rings. The van der Waals surface area contributed by atoms with Crippen molar-refractivity contribution < 1.29 is 14.7 Å². The molecule has 1 aromatic rings. The lowest BCUT2D eigenvalue weighted by molar-refractivity contribution is -0.150. The van der Waals surface area contributed by atoms with Gasteiger partial charge in [0, 0.05) is 13.0 Å². The van der Waals surface area contributed by atoms with Gasteiger partial charge in [-0.05, 0) is 18.4 Å². The van der Waals surface area contributed by atoms with Gasteiger partial charge in [-0.25, -0.2) is 4.79 Å². The number of hydrogen-bond acceptors (Lipinski definition) is 2. The molecule has 0 aliphatic heterocycles. The monoisotopic (exact) mass is 263 g/mol. The third-order valence-corrected chi connectivity index (χ3v) is 2.92. The van der Waals surface area contributed by atoms with Crippen LogP contribution < -0.4 is 0 Å². The number of carboxylic acid groups (broad SMARTS) is 1. The molecule has 19 heavy (non-hydrogen) atoms. The van der Waals surface area contributed by atoms with E-state index in [2.05, 4.69) is 0 Å². The predicted molar refractivity (Wildman–Crippen MR) is 73.5 cm³/mol. The minimum absolute atomic E-state index is 0.117. The Kier molecular flexibility index (Phi) is 5.55. The maximum absolute atomic E-state index is 12.2. The minimum Gasteiger partial charge on any atom is -0.480 e. The third-order valence-electron chi connectivity index (χ3n) is 2.92. The van der Waals surface area contributed by atoms with Crippen molar-refractivity contribution in [1.29, 1.82) is 0 Å². The summed E-state index contributed by atoms with van der Waals surface area (Å²) in [7, 11) is 0. The van der Waals surface area contributed by atoms with E-state index >= 15 is 0 Å². The summed E-state index contributed by atoms with van der Waals surface area (Å²) in [5.74, 6) is -0.881. The molecule has 1 rings (SSSR count). The molecule has 0 saturated heterocycles. The molecule has 0 saturated carbocycles. The van der Waals surface area contributed by atoms with Gasteiger partial charge in [-0.3, -0.25) is 4.79 Å². The summed E-state index contributed by atoms with van der Waals surface area (Å²) in [6, 6.07) is 8.63. The predicted octanol–water partition coefficient (Wildman–Crippen LogP) is 2.53. The molecule has 1 atom stereocenters. The lowest BCUT2D eigenvalue weighted by atomic mass is 10.1. The van der Waals surface area contributed by atoms with Crippen molar-refractivity contribution in [3.63, 3.8) is 0 Å². The number of nitrogens with zero attached hydrogens (tertiary/aromatic N) is 1. The lowest BCUT2D eigenvalue weighted by Gasteiger charge is -2.27. The molecule has 1 aromatic carbocycles. The molecule has 0 radical (unpaired) electrons. The Balaban J connectivity index is 2.86. The second-order valence-electron chi connectivity index (χ2n) is 5.12. The summed E-state index contributed by atoms with van der Waals surface area (Å²) >= 11 is 0. The third kappa shape index (κ3) is 4.73. The van der Waals surface area contributed by atoms with E-state index in [1.165, 1.54) is 4.90 Å². The highest BCUT2D eigenvalue weighted by Gasteiger charge is 2.25. The zero-order valence-electron chi connectivity index (χ0n) is 11.7. The summed E-state index contributed by atoms with van der Waals surface area (Å²) in [6.45, 7) is 5.78. The smallest absolute Gasteiger partial charge is 0.326 e. The normalized spacial score (nSPS) is 12.2. The first-order valence-corrected chi connectivity index (χ1v) is 6.48. The molecule has 0 spiro atoms. The highest BCUT2D eigenvalue weighted by Crippen LogP contribution is 2.13. The van der Waals surface area contributed by atoms with E-state index in [1.807, 2.05) is 44.2 Å². The fourth-order valence-electron chi connectivity index (χ4n) is 1.82. The van der Waals surface area contributed by atoms with Crippen molar-refractivity contribution in [3.8, 4) is 0 Å². The van der Waals surface area contributed by atoms with Gasteiger partial charge in [0.25, 0.3) is 0 Å². The Hall–Kier alpha value is -1.84.